The van der Waals surface area contributed by atoms with Crippen molar-refractivity contribution in [3.8, 4) is 0 Å². The van der Waals surface area contributed by atoms with Crippen LogP contribution in [0.5, 0.6) is 0 Å². The molecule has 0 aliphatic carbocycles. The molecule has 0 aromatic heterocycles. The van der Waals surface area contributed by atoms with Crippen molar-refractivity contribution in [2.24, 2.45) is 10.9 Å². The lowest BCUT2D eigenvalue weighted by molar-refractivity contribution is 0.0701. The number of nitrogens with zero attached hydrogens (tertiary/aromatic N) is 3. The van der Waals surface area contributed by atoms with Crippen LogP contribution >= 0.6 is 0 Å². The van der Waals surface area contributed by atoms with Crippen molar-refractivity contribution in [1.82, 2.24) is 4.90 Å². The summed E-state index contributed by atoms with van der Waals surface area (Å²) in [6.45, 7) is 12.3. The first-order valence-electron chi connectivity index (χ1n) is 15.7. The summed E-state index contributed by atoms with van der Waals surface area (Å²) in [5.41, 5.74) is 7.94. The largest absolute Gasteiger partial charge is 0.339 e. The van der Waals surface area contributed by atoms with Crippen molar-refractivity contribution >= 4 is 23.4 Å². The third-order valence-corrected chi connectivity index (χ3v) is 8.86. The van der Waals surface area contributed by atoms with Crippen molar-refractivity contribution < 1.29 is 9.18 Å². The topological polar surface area (TPSA) is 35.9 Å². The number of amides is 1. The zero-order chi connectivity index (χ0) is 31.9. The maximum Gasteiger partial charge on any atom is 0.253 e. The van der Waals surface area contributed by atoms with Gasteiger partial charge in [0.05, 0.1) is 11.8 Å². The monoisotopic (exact) mass is 599 g/mol. The lowest BCUT2D eigenvalue weighted by Gasteiger charge is -2.41. The molecule has 0 spiro atoms. The van der Waals surface area contributed by atoms with Crippen molar-refractivity contribution in [1.29, 1.82) is 0 Å². The van der Waals surface area contributed by atoms with Crippen LogP contribution < -0.4 is 4.90 Å². The fourth-order valence-electron chi connectivity index (χ4n) is 6.39. The third-order valence-electron chi connectivity index (χ3n) is 8.86. The fraction of sp³-hybridized carbons (Fsp3) is 0.250. The summed E-state index contributed by atoms with van der Waals surface area (Å²) in [5, 5.41) is 0. The van der Waals surface area contributed by atoms with Crippen LogP contribution in [0.4, 0.5) is 10.1 Å². The first-order valence-corrected chi connectivity index (χ1v) is 15.7. The number of hydrogen-bond donors (Lipinski definition) is 0. The van der Waals surface area contributed by atoms with E-state index in [-0.39, 0.29) is 23.7 Å². The van der Waals surface area contributed by atoms with Gasteiger partial charge in [-0.15, -0.1) is 0 Å². The number of hydrogen-bond acceptors (Lipinski definition) is 3. The molecule has 0 bridgehead atoms. The molecule has 1 atom stereocenters. The van der Waals surface area contributed by atoms with E-state index in [1.807, 2.05) is 48.2 Å². The quantitative estimate of drug-likeness (QED) is 0.180. The minimum Gasteiger partial charge on any atom is -0.339 e. The molecule has 0 N–H and O–H groups in total. The molecule has 1 amide bonds. The Hall–Kier alpha value is -4.77. The minimum atomic E-state index is -0.326. The van der Waals surface area contributed by atoms with E-state index < -0.39 is 0 Å². The SMILES string of the molecule is C=C(C1CCN(C(=O)c2ccc(C(=NC)c3ccccc3F)c(/C=C/C)c2)CC1)N(c1ccccc1C)C(C)c1ccccc1. The van der Waals surface area contributed by atoms with E-state index >= 15 is 0 Å². The number of carbonyl (C=O) groups is 1. The van der Waals surface area contributed by atoms with Gasteiger partial charge in [-0.3, -0.25) is 9.79 Å². The number of allylic oxidation sites excluding steroid dienone is 2. The van der Waals surface area contributed by atoms with Gasteiger partial charge in [0.1, 0.15) is 5.82 Å². The smallest absolute Gasteiger partial charge is 0.253 e. The maximum atomic E-state index is 14.7. The van der Waals surface area contributed by atoms with E-state index in [2.05, 4.69) is 78.8 Å². The van der Waals surface area contributed by atoms with Gasteiger partial charge >= 0.3 is 0 Å². The highest BCUT2D eigenvalue weighted by Crippen LogP contribution is 2.38. The van der Waals surface area contributed by atoms with E-state index in [1.165, 1.54) is 22.9 Å². The van der Waals surface area contributed by atoms with Crippen molar-refractivity contribution in [2.45, 2.75) is 39.7 Å². The third kappa shape index (κ3) is 6.83. The van der Waals surface area contributed by atoms with Gasteiger partial charge in [-0.05, 0) is 80.6 Å². The standard InChI is InChI=1S/C40H42FN3O/c1-6-14-33-27-34(21-22-35(33)39(42-5)36-18-11-12-19-37(36)41)40(45)43-25-23-32(24-26-43)30(4)44(38-20-13-10-15-28(38)2)29(3)31-16-8-7-9-17-31/h6-22,27,29,32H,4,23-26H2,1-3,5H3/b14-6+,42-39?. The zero-order valence-corrected chi connectivity index (χ0v) is 26.7. The predicted octanol–water partition coefficient (Wildman–Crippen LogP) is 9.27. The number of anilines is 1. The highest BCUT2D eigenvalue weighted by atomic mass is 19.1. The van der Waals surface area contributed by atoms with Gasteiger partial charge in [0, 0.05) is 54.1 Å². The van der Waals surface area contributed by atoms with Gasteiger partial charge in [-0.25, -0.2) is 4.39 Å². The number of para-hydroxylation sites is 1. The molecule has 1 aliphatic heterocycles. The maximum absolute atomic E-state index is 14.7. The molecule has 4 aromatic carbocycles. The second-order valence-corrected chi connectivity index (χ2v) is 11.7. The average Bonchev–Trinajstić information content (AvgIpc) is 3.07. The van der Waals surface area contributed by atoms with Crippen LogP contribution in [0.1, 0.15) is 70.9 Å². The van der Waals surface area contributed by atoms with Crippen LogP contribution in [0.3, 0.4) is 0 Å². The van der Waals surface area contributed by atoms with Gasteiger partial charge < -0.3 is 9.80 Å². The second kappa shape index (κ2) is 14.3. The lowest BCUT2D eigenvalue weighted by Crippen LogP contribution is -2.41. The predicted molar refractivity (Wildman–Crippen MR) is 185 cm³/mol. The molecule has 1 aliphatic rings. The molecule has 4 nitrogen and oxygen atoms in total. The molecule has 1 fully saturated rings. The molecular formula is C40H42FN3O. The Morgan fingerprint density at radius 2 is 1.62 bits per heavy atom. The summed E-state index contributed by atoms with van der Waals surface area (Å²) in [6, 6.07) is 31.4. The summed E-state index contributed by atoms with van der Waals surface area (Å²) in [6.07, 6.45) is 5.56. The number of piperidine rings is 1. The molecule has 1 unspecified atom stereocenters. The Kier molecular flexibility index (Phi) is 10.1. The number of carbonyl (C=O) groups excluding carboxylic acids is 1. The number of benzene rings is 4. The van der Waals surface area contributed by atoms with Crippen LogP contribution in [-0.2, 0) is 0 Å². The highest BCUT2D eigenvalue weighted by molar-refractivity contribution is 6.15. The van der Waals surface area contributed by atoms with Crippen molar-refractivity contribution in [2.75, 3.05) is 25.0 Å². The molecular weight excluding hydrogens is 557 g/mol. The van der Waals surface area contributed by atoms with Gasteiger partial charge in [0.25, 0.3) is 5.91 Å². The van der Waals surface area contributed by atoms with E-state index in [1.54, 1.807) is 25.2 Å². The number of rotatable bonds is 9. The van der Waals surface area contributed by atoms with Gasteiger partial charge in [0.2, 0.25) is 0 Å². The molecule has 1 heterocycles. The number of halogens is 1. The summed E-state index contributed by atoms with van der Waals surface area (Å²) >= 11 is 0. The van der Waals surface area contributed by atoms with E-state index in [0.717, 1.165) is 29.7 Å². The Morgan fingerprint density at radius 3 is 2.29 bits per heavy atom. The summed E-state index contributed by atoms with van der Waals surface area (Å²) in [7, 11) is 1.67. The second-order valence-electron chi connectivity index (χ2n) is 11.7. The molecule has 45 heavy (non-hydrogen) atoms. The first-order chi connectivity index (χ1) is 21.8. The lowest BCUT2D eigenvalue weighted by atomic mass is 9.90. The minimum absolute atomic E-state index is 0.00524. The van der Waals surface area contributed by atoms with Crippen LogP contribution in [0.2, 0.25) is 0 Å². The molecule has 0 radical (unpaired) electrons. The van der Waals surface area contributed by atoms with E-state index in [9.17, 15) is 9.18 Å². The zero-order valence-electron chi connectivity index (χ0n) is 26.7. The Balaban J connectivity index is 1.34. The van der Waals surface area contributed by atoms with Crippen molar-refractivity contribution in [3.63, 3.8) is 0 Å². The van der Waals surface area contributed by atoms with Crippen LogP contribution in [0, 0.1) is 18.7 Å². The number of aryl methyl sites for hydroxylation is 1. The Morgan fingerprint density at radius 1 is 0.956 bits per heavy atom. The first kappa shape index (κ1) is 31.6. The van der Waals surface area contributed by atoms with E-state index in [4.69, 9.17) is 0 Å². The van der Waals surface area contributed by atoms with Crippen LogP contribution in [-0.4, -0.2) is 36.7 Å². The van der Waals surface area contributed by atoms with Gasteiger partial charge in [-0.1, -0.05) is 85.5 Å². The molecule has 0 saturated carbocycles. The Bertz CT molecular complexity index is 1720. The summed E-state index contributed by atoms with van der Waals surface area (Å²) in [5.74, 6) is -0.0659. The van der Waals surface area contributed by atoms with Crippen molar-refractivity contribution in [3.05, 3.63) is 155 Å². The summed E-state index contributed by atoms with van der Waals surface area (Å²) < 4.78 is 14.7. The van der Waals surface area contributed by atoms with Gasteiger partial charge in [-0.2, -0.15) is 0 Å². The Labute approximate surface area is 267 Å². The molecule has 5 heteroatoms. The molecule has 1 saturated heterocycles. The van der Waals surface area contributed by atoms with Crippen LogP contribution in [0.25, 0.3) is 6.08 Å². The highest BCUT2D eigenvalue weighted by Gasteiger charge is 2.30. The van der Waals surface area contributed by atoms with Crippen LogP contribution in [0.15, 0.2) is 120 Å². The average molecular weight is 600 g/mol. The number of aliphatic imine (C=N–C) groups is 1. The molecule has 230 valence electrons. The number of likely N-dealkylation sites (tertiary alicyclic amines) is 1. The van der Waals surface area contributed by atoms with Gasteiger partial charge in [0.15, 0.2) is 0 Å². The fourth-order valence-corrected chi connectivity index (χ4v) is 6.39. The molecule has 4 aromatic rings. The molecule has 5 rings (SSSR count). The summed E-state index contributed by atoms with van der Waals surface area (Å²) in [4.78, 5) is 22.5. The van der Waals surface area contributed by atoms with E-state index in [0.29, 0.717) is 29.9 Å². The normalized spacial score (nSPS) is 14.9.